The highest BCUT2D eigenvalue weighted by Crippen LogP contribution is 2.20. The van der Waals surface area contributed by atoms with Gasteiger partial charge in [0, 0.05) is 31.4 Å². The summed E-state index contributed by atoms with van der Waals surface area (Å²) in [6.07, 6.45) is 0.312. The lowest BCUT2D eigenvalue weighted by molar-refractivity contribution is -0.0212. The monoisotopic (exact) mass is 236 g/mol. The van der Waals surface area contributed by atoms with Crippen LogP contribution in [-0.4, -0.2) is 37.8 Å². The molecule has 1 atom stereocenters. The van der Waals surface area contributed by atoms with Gasteiger partial charge in [0.15, 0.2) is 0 Å². The highest BCUT2D eigenvalue weighted by molar-refractivity contribution is 5.47. The van der Waals surface area contributed by atoms with Crippen LogP contribution >= 0.6 is 0 Å². The Hall–Kier alpha value is -1.26. The molecule has 2 rings (SSSR count). The van der Waals surface area contributed by atoms with E-state index in [2.05, 4.69) is 11.8 Å². The minimum Gasteiger partial charge on any atom is -0.497 e. The summed E-state index contributed by atoms with van der Waals surface area (Å²) in [7, 11) is 1.66. The maximum atomic E-state index is 5.84. The van der Waals surface area contributed by atoms with Crippen molar-refractivity contribution in [3.8, 4) is 5.75 Å². The van der Waals surface area contributed by atoms with Gasteiger partial charge in [0.2, 0.25) is 0 Å². The van der Waals surface area contributed by atoms with E-state index in [-0.39, 0.29) is 0 Å². The van der Waals surface area contributed by atoms with E-state index in [1.165, 1.54) is 5.56 Å². The molecule has 2 N–H and O–H groups in total. The number of ether oxygens (including phenoxy) is 2. The first-order valence-electron chi connectivity index (χ1n) is 5.95. The van der Waals surface area contributed by atoms with Gasteiger partial charge >= 0.3 is 0 Å². The van der Waals surface area contributed by atoms with Crippen LogP contribution in [0.15, 0.2) is 18.2 Å². The number of rotatable bonds is 3. The Labute approximate surface area is 102 Å². The van der Waals surface area contributed by atoms with E-state index >= 15 is 0 Å². The van der Waals surface area contributed by atoms with Gasteiger partial charge < -0.3 is 15.2 Å². The molecule has 1 fully saturated rings. The fourth-order valence-electron chi connectivity index (χ4n) is 2.19. The van der Waals surface area contributed by atoms with Crippen molar-refractivity contribution in [3.05, 3.63) is 23.8 Å². The van der Waals surface area contributed by atoms with Crippen molar-refractivity contribution in [1.29, 1.82) is 0 Å². The second kappa shape index (κ2) is 5.38. The summed E-state index contributed by atoms with van der Waals surface area (Å²) < 4.78 is 10.7. The Morgan fingerprint density at radius 3 is 3.00 bits per heavy atom. The molecule has 0 radical (unpaired) electrons. The van der Waals surface area contributed by atoms with Crippen LogP contribution in [0.4, 0.5) is 5.69 Å². The largest absolute Gasteiger partial charge is 0.497 e. The molecular weight excluding hydrogens is 216 g/mol. The maximum Gasteiger partial charge on any atom is 0.121 e. The van der Waals surface area contributed by atoms with E-state index < -0.39 is 0 Å². The average molecular weight is 236 g/mol. The van der Waals surface area contributed by atoms with E-state index in [0.717, 1.165) is 37.7 Å². The summed E-state index contributed by atoms with van der Waals surface area (Å²) >= 11 is 0. The maximum absolute atomic E-state index is 5.84. The lowest BCUT2D eigenvalue weighted by Gasteiger charge is -2.31. The molecule has 0 amide bonds. The van der Waals surface area contributed by atoms with Gasteiger partial charge in [-0.05, 0) is 24.6 Å². The molecular formula is C13H20N2O2. The summed E-state index contributed by atoms with van der Waals surface area (Å²) in [4.78, 5) is 2.38. The first-order valence-corrected chi connectivity index (χ1v) is 5.95. The number of morpholine rings is 1. The number of methoxy groups -OCH3 is 1. The van der Waals surface area contributed by atoms with E-state index in [1.54, 1.807) is 7.11 Å². The fraction of sp³-hybridized carbons (Fsp3) is 0.538. The molecule has 17 heavy (non-hydrogen) atoms. The van der Waals surface area contributed by atoms with Crippen LogP contribution in [0, 0.1) is 0 Å². The van der Waals surface area contributed by atoms with Crippen molar-refractivity contribution < 1.29 is 9.47 Å². The zero-order valence-corrected chi connectivity index (χ0v) is 10.5. The number of hydrogen-bond acceptors (Lipinski definition) is 4. The Morgan fingerprint density at radius 2 is 2.29 bits per heavy atom. The molecule has 4 nitrogen and oxygen atoms in total. The van der Waals surface area contributed by atoms with Gasteiger partial charge in [-0.3, -0.25) is 4.90 Å². The average Bonchev–Trinajstić information content (AvgIpc) is 2.28. The number of benzene rings is 1. The second-order valence-corrected chi connectivity index (χ2v) is 4.53. The Kier molecular flexibility index (Phi) is 3.86. The van der Waals surface area contributed by atoms with Crippen LogP contribution in [0.3, 0.4) is 0 Å². The van der Waals surface area contributed by atoms with Crippen molar-refractivity contribution in [2.75, 3.05) is 32.5 Å². The predicted octanol–water partition coefficient (Wildman–Crippen LogP) is 1.50. The van der Waals surface area contributed by atoms with Gasteiger partial charge in [-0.25, -0.2) is 0 Å². The summed E-state index contributed by atoms with van der Waals surface area (Å²) in [5.41, 5.74) is 7.79. The van der Waals surface area contributed by atoms with Crippen LogP contribution in [0.5, 0.6) is 5.75 Å². The highest BCUT2D eigenvalue weighted by Gasteiger charge is 2.16. The van der Waals surface area contributed by atoms with Crippen LogP contribution < -0.4 is 10.5 Å². The molecule has 1 aliphatic heterocycles. The Morgan fingerprint density at radius 1 is 1.47 bits per heavy atom. The minimum atomic E-state index is 0.312. The molecule has 94 valence electrons. The molecule has 0 saturated carbocycles. The Balaban J connectivity index is 2.04. The van der Waals surface area contributed by atoms with Crippen LogP contribution in [0.1, 0.15) is 12.5 Å². The van der Waals surface area contributed by atoms with Crippen LogP contribution in [0.2, 0.25) is 0 Å². The van der Waals surface area contributed by atoms with Crippen molar-refractivity contribution in [1.82, 2.24) is 4.90 Å². The van der Waals surface area contributed by atoms with E-state index in [4.69, 9.17) is 15.2 Å². The molecule has 0 aliphatic carbocycles. The number of anilines is 1. The zero-order valence-electron chi connectivity index (χ0n) is 10.5. The quantitative estimate of drug-likeness (QED) is 0.808. The third-order valence-electron chi connectivity index (χ3n) is 2.96. The predicted molar refractivity (Wildman–Crippen MR) is 68.1 cm³/mol. The molecule has 4 heteroatoms. The molecule has 1 aromatic rings. The molecule has 1 unspecified atom stereocenters. The molecule has 0 spiro atoms. The van der Waals surface area contributed by atoms with Crippen molar-refractivity contribution >= 4 is 5.69 Å². The number of nitrogens with zero attached hydrogens (tertiary/aromatic N) is 1. The molecule has 0 bridgehead atoms. The summed E-state index contributed by atoms with van der Waals surface area (Å²) in [5.74, 6) is 0.821. The molecule has 1 aromatic carbocycles. The van der Waals surface area contributed by atoms with Gasteiger partial charge in [0.25, 0.3) is 0 Å². The van der Waals surface area contributed by atoms with Gasteiger partial charge in [0.1, 0.15) is 5.75 Å². The normalized spacial score (nSPS) is 21.4. The van der Waals surface area contributed by atoms with E-state index in [1.807, 2.05) is 18.2 Å². The van der Waals surface area contributed by atoms with Gasteiger partial charge in [-0.15, -0.1) is 0 Å². The highest BCUT2D eigenvalue weighted by atomic mass is 16.5. The summed E-state index contributed by atoms with van der Waals surface area (Å²) in [5, 5.41) is 0. The van der Waals surface area contributed by atoms with Crippen molar-refractivity contribution in [2.24, 2.45) is 0 Å². The number of hydrogen-bond donors (Lipinski definition) is 1. The van der Waals surface area contributed by atoms with Crippen molar-refractivity contribution in [2.45, 2.75) is 19.6 Å². The van der Waals surface area contributed by atoms with Gasteiger partial charge in [-0.2, -0.15) is 0 Å². The molecule has 1 heterocycles. The third kappa shape index (κ3) is 3.35. The van der Waals surface area contributed by atoms with Crippen LogP contribution in [-0.2, 0) is 11.3 Å². The zero-order chi connectivity index (χ0) is 12.3. The first-order chi connectivity index (χ1) is 8.17. The van der Waals surface area contributed by atoms with E-state index in [9.17, 15) is 0 Å². The standard InChI is InChI=1S/C13H20N2O2/c1-10-8-15(3-4-17-10)9-11-5-12(14)7-13(6-11)16-2/h5-7,10H,3-4,8-9,14H2,1-2H3. The summed E-state index contributed by atoms with van der Waals surface area (Å²) in [6, 6.07) is 5.88. The van der Waals surface area contributed by atoms with Gasteiger partial charge in [0.05, 0.1) is 19.8 Å². The lowest BCUT2D eigenvalue weighted by Crippen LogP contribution is -2.40. The SMILES string of the molecule is COc1cc(N)cc(CN2CCOC(C)C2)c1. The lowest BCUT2D eigenvalue weighted by atomic mass is 10.1. The number of nitrogen functional groups attached to an aromatic ring is 1. The number of nitrogens with two attached hydrogens (primary N) is 1. The molecule has 1 saturated heterocycles. The Bertz CT molecular complexity index is 382. The van der Waals surface area contributed by atoms with Crippen molar-refractivity contribution in [3.63, 3.8) is 0 Å². The van der Waals surface area contributed by atoms with Crippen LogP contribution in [0.25, 0.3) is 0 Å². The van der Waals surface area contributed by atoms with Gasteiger partial charge in [-0.1, -0.05) is 0 Å². The third-order valence-corrected chi connectivity index (χ3v) is 2.96. The fourth-order valence-corrected chi connectivity index (χ4v) is 2.19. The first kappa shape index (κ1) is 12.2. The topological polar surface area (TPSA) is 47.7 Å². The second-order valence-electron chi connectivity index (χ2n) is 4.53. The van der Waals surface area contributed by atoms with E-state index in [0.29, 0.717) is 6.10 Å². The molecule has 1 aliphatic rings. The summed E-state index contributed by atoms with van der Waals surface area (Å²) in [6.45, 7) is 5.75. The smallest absolute Gasteiger partial charge is 0.121 e. The molecule has 0 aromatic heterocycles. The minimum absolute atomic E-state index is 0.312.